The largest absolute Gasteiger partial charge is 0.303 e. The fourth-order valence-corrected chi connectivity index (χ4v) is 4.62. The van der Waals surface area contributed by atoms with Gasteiger partial charge in [-0.3, -0.25) is 0 Å². The van der Waals surface area contributed by atoms with Crippen LogP contribution in [0.5, 0.6) is 0 Å². The molecule has 21 heavy (non-hydrogen) atoms. The van der Waals surface area contributed by atoms with Gasteiger partial charge in [0.15, 0.2) is 0 Å². The van der Waals surface area contributed by atoms with Crippen molar-refractivity contribution in [2.75, 3.05) is 0 Å². The van der Waals surface area contributed by atoms with Crippen molar-refractivity contribution in [3.05, 3.63) is 56.8 Å². The molecule has 1 aromatic heterocycles. The lowest BCUT2D eigenvalue weighted by Crippen LogP contribution is -2.22. The van der Waals surface area contributed by atoms with E-state index in [4.69, 9.17) is 0 Å². The molecule has 1 aromatic carbocycles. The number of aryl methyl sites for hydroxylation is 3. The number of nitrogens with one attached hydrogen (secondary N) is 1. The highest BCUT2D eigenvalue weighted by atomic mass is 32.1. The van der Waals surface area contributed by atoms with Crippen LogP contribution in [0.15, 0.2) is 30.3 Å². The Morgan fingerprint density at radius 2 is 1.81 bits per heavy atom. The van der Waals surface area contributed by atoms with Gasteiger partial charge in [-0.05, 0) is 69.2 Å². The third-order valence-electron chi connectivity index (χ3n) is 4.60. The molecular weight excluding hydrogens is 274 g/mol. The van der Waals surface area contributed by atoms with Crippen molar-refractivity contribution in [3.8, 4) is 0 Å². The van der Waals surface area contributed by atoms with Gasteiger partial charge in [0.25, 0.3) is 0 Å². The van der Waals surface area contributed by atoms with E-state index in [-0.39, 0.29) is 0 Å². The second kappa shape index (κ2) is 6.33. The van der Waals surface area contributed by atoms with E-state index < -0.39 is 0 Å². The maximum Gasteiger partial charge on any atom is 0.0391 e. The van der Waals surface area contributed by atoms with E-state index >= 15 is 0 Å². The molecule has 1 aliphatic carbocycles. The summed E-state index contributed by atoms with van der Waals surface area (Å²) < 4.78 is 0. The second-order valence-electron chi connectivity index (χ2n) is 6.27. The van der Waals surface area contributed by atoms with Crippen LogP contribution >= 0.6 is 11.3 Å². The molecular formula is C19H25NS. The Morgan fingerprint density at radius 1 is 1.05 bits per heavy atom. The van der Waals surface area contributed by atoms with Gasteiger partial charge in [-0.1, -0.05) is 24.3 Å². The molecule has 1 unspecified atom stereocenters. The molecule has 0 aliphatic heterocycles. The van der Waals surface area contributed by atoms with Gasteiger partial charge in [0, 0.05) is 21.8 Å². The van der Waals surface area contributed by atoms with Gasteiger partial charge in [-0.15, -0.1) is 11.3 Å². The number of hydrogen-bond donors (Lipinski definition) is 1. The normalized spacial score (nSPS) is 17.3. The smallest absolute Gasteiger partial charge is 0.0391 e. The molecule has 0 amide bonds. The quantitative estimate of drug-likeness (QED) is 0.802. The van der Waals surface area contributed by atoms with Gasteiger partial charge in [0.2, 0.25) is 0 Å². The lowest BCUT2D eigenvalue weighted by atomic mass is 9.98. The molecule has 0 saturated carbocycles. The van der Waals surface area contributed by atoms with Gasteiger partial charge in [0.05, 0.1) is 0 Å². The number of hydrogen-bond acceptors (Lipinski definition) is 2. The van der Waals surface area contributed by atoms with Gasteiger partial charge in [0.1, 0.15) is 0 Å². The Morgan fingerprint density at radius 3 is 2.57 bits per heavy atom. The minimum Gasteiger partial charge on any atom is -0.303 e. The number of fused-ring (bicyclic) bond motifs is 1. The maximum atomic E-state index is 3.77. The number of rotatable bonds is 4. The summed E-state index contributed by atoms with van der Waals surface area (Å²) in [6.45, 7) is 6.76. The molecule has 1 N–H and O–H groups in total. The van der Waals surface area contributed by atoms with Crippen molar-refractivity contribution >= 4 is 11.3 Å². The molecule has 1 aliphatic rings. The van der Waals surface area contributed by atoms with Crippen LogP contribution in [0.2, 0.25) is 0 Å². The minimum absolute atomic E-state index is 0.389. The Balaban J connectivity index is 1.72. The first-order valence-corrected chi connectivity index (χ1v) is 8.90. The first kappa shape index (κ1) is 14.8. The second-order valence-corrected chi connectivity index (χ2v) is 7.44. The lowest BCUT2D eigenvalue weighted by molar-refractivity contribution is 0.498. The maximum absolute atomic E-state index is 3.77. The summed E-state index contributed by atoms with van der Waals surface area (Å²) in [5.41, 5.74) is 4.39. The SMILES string of the molecule is Cc1ccccc1[C@@H](C)NC(C)c1cc2c(s1)CCCC2. The predicted molar refractivity (Wildman–Crippen MR) is 92.1 cm³/mol. The average molecular weight is 299 g/mol. The van der Waals surface area contributed by atoms with Crippen molar-refractivity contribution in [1.29, 1.82) is 0 Å². The summed E-state index contributed by atoms with van der Waals surface area (Å²) in [7, 11) is 0. The van der Waals surface area contributed by atoms with E-state index in [1.54, 1.807) is 10.4 Å². The van der Waals surface area contributed by atoms with Crippen LogP contribution in [0, 0.1) is 6.92 Å². The molecule has 112 valence electrons. The molecule has 2 atom stereocenters. The fourth-order valence-electron chi connectivity index (χ4n) is 3.35. The van der Waals surface area contributed by atoms with E-state index in [1.165, 1.54) is 41.7 Å². The van der Waals surface area contributed by atoms with Gasteiger partial charge in [-0.2, -0.15) is 0 Å². The van der Waals surface area contributed by atoms with Gasteiger partial charge in [-0.25, -0.2) is 0 Å². The van der Waals surface area contributed by atoms with Gasteiger partial charge >= 0.3 is 0 Å². The van der Waals surface area contributed by atoms with E-state index in [0.29, 0.717) is 12.1 Å². The zero-order chi connectivity index (χ0) is 14.8. The Bertz CT molecular complexity index is 590. The molecule has 1 nitrogen and oxygen atoms in total. The summed E-state index contributed by atoms with van der Waals surface area (Å²) in [6.07, 6.45) is 5.31. The summed E-state index contributed by atoms with van der Waals surface area (Å²) in [5.74, 6) is 0. The van der Waals surface area contributed by atoms with E-state index in [2.05, 4.69) is 56.4 Å². The first-order valence-electron chi connectivity index (χ1n) is 8.08. The minimum atomic E-state index is 0.389. The molecule has 0 radical (unpaired) electrons. The highest BCUT2D eigenvalue weighted by Gasteiger charge is 2.18. The molecule has 0 spiro atoms. The molecule has 0 saturated heterocycles. The Kier molecular flexibility index (Phi) is 4.46. The van der Waals surface area contributed by atoms with Crippen LogP contribution in [-0.4, -0.2) is 0 Å². The molecule has 0 fully saturated rings. The van der Waals surface area contributed by atoms with Crippen LogP contribution in [0.25, 0.3) is 0 Å². The highest BCUT2D eigenvalue weighted by molar-refractivity contribution is 7.12. The molecule has 3 rings (SSSR count). The van der Waals surface area contributed by atoms with Crippen LogP contribution in [-0.2, 0) is 12.8 Å². The molecule has 1 heterocycles. The van der Waals surface area contributed by atoms with Crippen molar-refractivity contribution in [1.82, 2.24) is 5.32 Å². The third-order valence-corrected chi connectivity index (χ3v) is 6.02. The monoisotopic (exact) mass is 299 g/mol. The van der Waals surface area contributed by atoms with Crippen molar-refractivity contribution < 1.29 is 0 Å². The summed E-state index contributed by atoms with van der Waals surface area (Å²) in [6, 6.07) is 11.9. The lowest BCUT2D eigenvalue weighted by Gasteiger charge is -2.21. The summed E-state index contributed by atoms with van der Waals surface area (Å²) in [5, 5.41) is 3.77. The third kappa shape index (κ3) is 3.22. The van der Waals surface area contributed by atoms with Crippen LogP contribution in [0.4, 0.5) is 0 Å². The Hall–Kier alpha value is -1.12. The summed E-state index contributed by atoms with van der Waals surface area (Å²) in [4.78, 5) is 3.13. The van der Waals surface area contributed by atoms with Crippen LogP contribution < -0.4 is 5.32 Å². The molecule has 0 bridgehead atoms. The zero-order valence-corrected chi connectivity index (χ0v) is 14.1. The number of thiophene rings is 1. The molecule has 2 heteroatoms. The average Bonchev–Trinajstić information content (AvgIpc) is 2.91. The van der Waals surface area contributed by atoms with E-state index in [0.717, 1.165) is 0 Å². The van der Waals surface area contributed by atoms with Crippen molar-refractivity contribution in [2.45, 2.75) is 58.5 Å². The first-order chi connectivity index (χ1) is 10.1. The van der Waals surface area contributed by atoms with Gasteiger partial charge < -0.3 is 5.32 Å². The fraction of sp³-hybridized carbons (Fsp3) is 0.474. The standard InChI is InChI=1S/C19H25NS/c1-13-8-4-6-10-17(13)14(2)20-15(3)19-12-16-9-5-7-11-18(16)21-19/h4,6,8,10,12,14-15,20H,5,7,9,11H2,1-3H3/t14-,15?/m1/s1. The summed E-state index contributed by atoms with van der Waals surface area (Å²) >= 11 is 2.02. The highest BCUT2D eigenvalue weighted by Crippen LogP contribution is 2.33. The number of benzene rings is 1. The predicted octanol–water partition coefficient (Wildman–Crippen LogP) is 5.35. The Labute approximate surface area is 132 Å². The van der Waals surface area contributed by atoms with E-state index in [1.807, 2.05) is 11.3 Å². The molecule has 2 aromatic rings. The van der Waals surface area contributed by atoms with Crippen LogP contribution in [0.1, 0.15) is 65.2 Å². The van der Waals surface area contributed by atoms with Crippen LogP contribution in [0.3, 0.4) is 0 Å². The zero-order valence-electron chi connectivity index (χ0n) is 13.3. The topological polar surface area (TPSA) is 12.0 Å². The van der Waals surface area contributed by atoms with Crippen molar-refractivity contribution in [3.63, 3.8) is 0 Å². The van der Waals surface area contributed by atoms with E-state index in [9.17, 15) is 0 Å². The van der Waals surface area contributed by atoms with Crippen molar-refractivity contribution in [2.24, 2.45) is 0 Å².